The standard InChI is InChI=1S/C23H23FN4O2S/c1-30-20-8-2-17(3-9-20)21(29)15-31-23-14-22(25-16-26-23)28-12-10-27(11-13-28)19-6-4-18(24)5-7-19/h2-9,14,16H,10-13,15H2,1H3. The lowest BCUT2D eigenvalue weighted by Crippen LogP contribution is -2.46. The van der Waals surface area contributed by atoms with Crippen LogP contribution in [0, 0.1) is 5.82 Å². The van der Waals surface area contributed by atoms with E-state index in [0.717, 1.165) is 48.5 Å². The Morgan fingerprint density at radius 1 is 1.00 bits per heavy atom. The third-order valence-electron chi connectivity index (χ3n) is 5.19. The summed E-state index contributed by atoms with van der Waals surface area (Å²) in [5.74, 6) is 1.71. The molecule has 0 N–H and O–H groups in total. The van der Waals surface area contributed by atoms with Crippen LogP contribution in [0.3, 0.4) is 0 Å². The van der Waals surface area contributed by atoms with Crippen LogP contribution in [0.5, 0.6) is 5.75 Å². The molecule has 2 aromatic carbocycles. The number of hydrogen-bond donors (Lipinski definition) is 0. The first-order valence-electron chi connectivity index (χ1n) is 10.00. The molecule has 1 fully saturated rings. The molecule has 0 bridgehead atoms. The maximum Gasteiger partial charge on any atom is 0.173 e. The van der Waals surface area contributed by atoms with E-state index in [1.165, 1.54) is 23.9 Å². The molecule has 2 heterocycles. The van der Waals surface area contributed by atoms with Crippen LogP contribution >= 0.6 is 11.8 Å². The van der Waals surface area contributed by atoms with E-state index < -0.39 is 0 Å². The molecule has 4 rings (SSSR count). The van der Waals surface area contributed by atoms with Crippen LogP contribution in [0.25, 0.3) is 0 Å². The Kier molecular flexibility index (Phi) is 6.66. The molecule has 160 valence electrons. The van der Waals surface area contributed by atoms with Crippen molar-refractivity contribution in [3.05, 3.63) is 72.3 Å². The first-order valence-corrected chi connectivity index (χ1v) is 11.0. The van der Waals surface area contributed by atoms with Gasteiger partial charge in [0.1, 0.15) is 28.7 Å². The van der Waals surface area contributed by atoms with Crippen molar-refractivity contribution in [2.24, 2.45) is 0 Å². The molecule has 0 spiro atoms. The Morgan fingerprint density at radius 2 is 1.68 bits per heavy atom. The summed E-state index contributed by atoms with van der Waals surface area (Å²) in [5, 5.41) is 0.771. The van der Waals surface area contributed by atoms with Gasteiger partial charge in [0.2, 0.25) is 0 Å². The van der Waals surface area contributed by atoms with Gasteiger partial charge in [0.15, 0.2) is 5.78 Å². The minimum atomic E-state index is -0.223. The summed E-state index contributed by atoms with van der Waals surface area (Å²) in [6, 6.07) is 15.6. The highest BCUT2D eigenvalue weighted by molar-refractivity contribution is 7.99. The first kappa shape index (κ1) is 21.1. The fourth-order valence-electron chi connectivity index (χ4n) is 3.43. The van der Waals surface area contributed by atoms with Crippen LogP contribution in [-0.4, -0.2) is 54.8 Å². The van der Waals surface area contributed by atoms with Gasteiger partial charge in [-0.25, -0.2) is 14.4 Å². The fourth-order valence-corrected chi connectivity index (χ4v) is 4.18. The highest BCUT2D eigenvalue weighted by Crippen LogP contribution is 2.24. The maximum absolute atomic E-state index is 13.1. The van der Waals surface area contributed by atoms with Gasteiger partial charge in [-0.3, -0.25) is 4.79 Å². The highest BCUT2D eigenvalue weighted by atomic mass is 32.2. The largest absolute Gasteiger partial charge is 0.497 e. The summed E-state index contributed by atoms with van der Waals surface area (Å²) in [4.78, 5) is 25.6. The molecular formula is C23H23FN4O2S. The second kappa shape index (κ2) is 9.78. The number of methoxy groups -OCH3 is 1. The van der Waals surface area contributed by atoms with Gasteiger partial charge in [-0.2, -0.15) is 0 Å². The number of anilines is 2. The van der Waals surface area contributed by atoms with Gasteiger partial charge >= 0.3 is 0 Å². The van der Waals surface area contributed by atoms with Crippen molar-refractivity contribution in [1.82, 2.24) is 9.97 Å². The average Bonchev–Trinajstić information content (AvgIpc) is 2.83. The van der Waals surface area contributed by atoms with Crippen LogP contribution in [-0.2, 0) is 0 Å². The summed E-state index contributed by atoms with van der Waals surface area (Å²) < 4.78 is 18.3. The Bertz CT molecular complexity index is 1020. The molecule has 1 aromatic heterocycles. The smallest absolute Gasteiger partial charge is 0.173 e. The summed E-state index contributed by atoms with van der Waals surface area (Å²) >= 11 is 1.41. The Balaban J connectivity index is 1.33. The molecule has 1 saturated heterocycles. The topological polar surface area (TPSA) is 58.6 Å². The highest BCUT2D eigenvalue weighted by Gasteiger charge is 2.19. The first-order chi connectivity index (χ1) is 15.1. The van der Waals surface area contributed by atoms with Gasteiger partial charge < -0.3 is 14.5 Å². The lowest BCUT2D eigenvalue weighted by atomic mass is 10.1. The van der Waals surface area contributed by atoms with E-state index >= 15 is 0 Å². The molecule has 0 aliphatic carbocycles. The number of Topliss-reactive ketones (excluding diaryl/α,β-unsaturated/α-hetero) is 1. The third-order valence-corrected chi connectivity index (χ3v) is 6.11. The van der Waals surface area contributed by atoms with Crippen molar-refractivity contribution in [2.45, 2.75) is 5.03 Å². The molecule has 3 aromatic rings. The Morgan fingerprint density at radius 3 is 2.35 bits per heavy atom. The quantitative estimate of drug-likeness (QED) is 0.315. The molecule has 1 aliphatic rings. The van der Waals surface area contributed by atoms with Crippen molar-refractivity contribution in [1.29, 1.82) is 0 Å². The Hall–Kier alpha value is -3.13. The fraction of sp³-hybridized carbons (Fsp3) is 0.261. The van der Waals surface area contributed by atoms with Crippen molar-refractivity contribution < 1.29 is 13.9 Å². The number of aromatic nitrogens is 2. The molecule has 31 heavy (non-hydrogen) atoms. The van der Waals surface area contributed by atoms with Crippen LogP contribution < -0.4 is 14.5 Å². The van der Waals surface area contributed by atoms with Crippen molar-refractivity contribution in [3.8, 4) is 5.75 Å². The number of benzene rings is 2. The molecule has 8 heteroatoms. The second-order valence-electron chi connectivity index (χ2n) is 7.11. The molecule has 0 atom stereocenters. The molecule has 0 amide bonds. The van der Waals surface area contributed by atoms with Crippen molar-refractivity contribution >= 4 is 29.1 Å². The van der Waals surface area contributed by atoms with Crippen LogP contribution in [0.2, 0.25) is 0 Å². The summed E-state index contributed by atoms with van der Waals surface area (Å²) in [7, 11) is 1.60. The van der Waals surface area contributed by atoms with Crippen LogP contribution in [0.15, 0.2) is 66.0 Å². The number of nitrogens with zero attached hydrogens (tertiary/aromatic N) is 4. The predicted octanol–water partition coefficient (Wildman–Crippen LogP) is 3.93. The number of ether oxygens (including phenoxy) is 1. The molecular weight excluding hydrogens is 415 g/mol. The second-order valence-corrected chi connectivity index (χ2v) is 8.10. The predicted molar refractivity (Wildman–Crippen MR) is 121 cm³/mol. The lowest BCUT2D eigenvalue weighted by Gasteiger charge is -2.36. The number of carbonyl (C=O) groups excluding carboxylic acids is 1. The minimum absolute atomic E-state index is 0.0423. The normalized spacial score (nSPS) is 13.9. The number of ketones is 1. The third kappa shape index (κ3) is 5.32. The van der Waals surface area contributed by atoms with Gasteiger partial charge in [-0.05, 0) is 48.5 Å². The number of hydrogen-bond acceptors (Lipinski definition) is 7. The van der Waals surface area contributed by atoms with E-state index in [0.29, 0.717) is 11.3 Å². The number of thioether (sulfide) groups is 1. The van der Waals surface area contributed by atoms with Gasteiger partial charge in [0, 0.05) is 43.5 Å². The zero-order chi connectivity index (χ0) is 21.6. The van der Waals surface area contributed by atoms with Gasteiger partial charge in [0.25, 0.3) is 0 Å². The Labute approximate surface area is 185 Å². The number of piperazine rings is 1. The van der Waals surface area contributed by atoms with E-state index in [1.54, 1.807) is 37.7 Å². The zero-order valence-corrected chi connectivity index (χ0v) is 18.0. The average molecular weight is 439 g/mol. The summed E-state index contributed by atoms with van der Waals surface area (Å²) in [6.07, 6.45) is 1.54. The van der Waals surface area contributed by atoms with Crippen molar-refractivity contribution in [3.63, 3.8) is 0 Å². The molecule has 0 unspecified atom stereocenters. The zero-order valence-electron chi connectivity index (χ0n) is 17.2. The van der Waals surface area contributed by atoms with Gasteiger partial charge in [-0.15, -0.1) is 0 Å². The number of carbonyl (C=O) groups is 1. The lowest BCUT2D eigenvalue weighted by molar-refractivity contribution is 0.102. The number of halogens is 1. The molecule has 6 nitrogen and oxygen atoms in total. The van der Waals surface area contributed by atoms with Crippen LogP contribution in [0.4, 0.5) is 15.9 Å². The number of rotatable bonds is 7. The van der Waals surface area contributed by atoms with Crippen molar-refractivity contribution in [2.75, 3.05) is 48.8 Å². The van der Waals surface area contributed by atoms with Gasteiger partial charge in [-0.1, -0.05) is 11.8 Å². The van der Waals surface area contributed by atoms with E-state index in [4.69, 9.17) is 4.74 Å². The van der Waals surface area contributed by atoms with Gasteiger partial charge in [0.05, 0.1) is 12.9 Å². The molecule has 0 saturated carbocycles. The maximum atomic E-state index is 13.1. The molecule has 0 radical (unpaired) electrons. The molecule has 1 aliphatic heterocycles. The van der Waals surface area contributed by atoms with E-state index in [2.05, 4.69) is 19.8 Å². The van der Waals surface area contributed by atoms with Crippen LogP contribution in [0.1, 0.15) is 10.4 Å². The van der Waals surface area contributed by atoms with E-state index in [-0.39, 0.29) is 11.6 Å². The van der Waals surface area contributed by atoms with E-state index in [9.17, 15) is 9.18 Å². The summed E-state index contributed by atoms with van der Waals surface area (Å²) in [6.45, 7) is 3.27. The monoisotopic (exact) mass is 438 g/mol. The van der Waals surface area contributed by atoms with E-state index in [1.807, 2.05) is 18.2 Å². The minimum Gasteiger partial charge on any atom is -0.497 e. The SMILES string of the molecule is COc1ccc(C(=O)CSc2cc(N3CCN(c4ccc(F)cc4)CC3)ncn2)cc1. The summed E-state index contributed by atoms with van der Waals surface area (Å²) in [5.41, 5.74) is 1.68.